The highest BCUT2D eigenvalue weighted by molar-refractivity contribution is 5.94. The number of ether oxygens (including phenoxy) is 2. The second-order valence-corrected chi connectivity index (χ2v) is 10.3. The molecule has 0 radical (unpaired) electrons. The maximum Gasteiger partial charge on any atom is 0.331 e. The van der Waals surface area contributed by atoms with Gasteiger partial charge in [-0.15, -0.1) is 0 Å². The van der Waals surface area contributed by atoms with Gasteiger partial charge in [0.15, 0.2) is 0 Å². The van der Waals surface area contributed by atoms with Crippen LogP contribution in [0.3, 0.4) is 0 Å². The predicted octanol–water partition coefficient (Wildman–Crippen LogP) is 2.89. The molecule has 4 aliphatic rings. The van der Waals surface area contributed by atoms with E-state index in [1.54, 1.807) is 24.0 Å². The van der Waals surface area contributed by atoms with E-state index in [9.17, 15) is 10.1 Å². The zero-order chi connectivity index (χ0) is 27.2. The number of fused-ring (bicyclic) bond motifs is 3. The maximum absolute atomic E-state index is 11.9. The third kappa shape index (κ3) is 4.27. The molecule has 0 amide bonds. The van der Waals surface area contributed by atoms with Gasteiger partial charge in [-0.3, -0.25) is 9.97 Å². The molecule has 11 heteroatoms. The number of carbonyl (C=O) groups is 1. The first-order chi connectivity index (χ1) is 19.6. The van der Waals surface area contributed by atoms with E-state index in [-0.39, 0.29) is 12.0 Å². The normalized spacial score (nSPS) is 23.6. The van der Waals surface area contributed by atoms with Crippen molar-refractivity contribution in [2.24, 2.45) is 5.92 Å². The number of hydrazine groups is 1. The number of nitrogens with zero attached hydrogens (tertiary/aromatic N) is 7. The number of rotatable bonds is 6. The van der Waals surface area contributed by atoms with Crippen LogP contribution in [0.25, 0.3) is 22.3 Å². The van der Waals surface area contributed by atoms with E-state index in [4.69, 9.17) is 19.4 Å². The zero-order valence-electron chi connectivity index (χ0n) is 21.8. The van der Waals surface area contributed by atoms with Gasteiger partial charge in [-0.1, -0.05) is 6.07 Å². The van der Waals surface area contributed by atoms with Crippen LogP contribution in [0.1, 0.15) is 41.3 Å². The Morgan fingerprint density at radius 2 is 2.12 bits per heavy atom. The van der Waals surface area contributed by atoms with E-state index in [0.29, 0.717) is 47.6 Å². The zero-order valence-corrected chi connectivity index (χ0v) is 21.8. The van der Waals surface area contributed by atoms with E-state index < -0.39 is 0 Å². The molecular weight excluding hydrogens is 508 g/mol. The van der Waals surface area contributed by atoms with Crippen LogP contribution in [0.2, 0.25) is 0 Å². The fourth-order valence-corrected chi connectivity index (χ4v) is 5.90. The van der Waals surface area contributed by atoms with Gasteiger partial charge in [0.25, 0.3) is 0 Å². The van der Waals surface area contributed by atoms with Gasteiger partial charge in [0.2, 0.25) is 5.88 Å². The summed E-state index contributed by atoms with van der Waals surface area (Å²) in [6.07, 6.45) is 12.8. The van der Waals surface area contributed by atoms with Crippen molar-refractivity contribution in [2.45, 2.75) is 31.3 Å². The average molecular weight is 535 g/mol. The molecule has 40 heavy (non-hydrogen) atoms. The molecule has 3 fully saturated rings. The Morgan fingerprint density at radius 1 is 1.20 bits per heavy atom. The highest BCUT2D eigenvalue weighted by Gasteiger charge is 2.46. The third-order valence-electron chi connectivity index (χ3n) is 8.00. The second kappa shape index (κ2) is 9.82. The van der Waals surface area contributed by atoms with Crippen LogP contribution < -0.4 is 10.2 Å². The van der Waals surface area contributed by atoms with Crippen LogP contribution in [0.4, 0.5) is 0 Å². The van der Waals surface area contributed by atoms with Crippen molar-refractivity contribution < 1.29 is 14.3 Å². The number of esters is 1. The van der Waals surface area contributed by atoms with Crippen LogP contribution in [0.15, 0.2) is 55.3 Å². The summed E-state index contributed by atoms with van der Waals surface area (Å²) in [5.74, 6) is 0.826. The quantitative estimate of drug-likeness (QED) is 0.369. The highest BCUT2D eigenvalue weighted by Crippen LogP contribution is 2.39. The van der Waals surface area contributed by atoms with Gasteiger partial charge in [-0.2, -0.15) is 10.4 Å². The van der Waals surface area contributed by atoms with Crippen LogP contribution in [0, 0.1) is 17.2 Å². The number of hydrogen-bond donors (Lipinski definition) is 1. The first-order valence-electron chi connectivity index (χ1n) is 13.2. The monoisotopic (exact) mass is 534 g/mol. The lowest BCUT2D eigenvalue weighted by Crippen LogP contribution is -2.68. The minimum atomic E-state index is -0.359. The van der Waals surface area contributed by atoms with Crippen molar-refractivity contribution in [1.29, 1.82) is 5.26 Å². The van der Waals surface area contributed by atoms with E-state index in [2.05, 4.69) is 32.7 Å². The number of pyridine rings is 2. The minimum Gasteiger partial charge on any atom is -0.481 e. The SMILES string of the molecule is COc1ccc(CC2C3CC(c4cnc(-c5cc(C6=CC(=O)OCC6)cn6ncc(C#N)c56)cn4)NN2C3)cn1. The fraction of sp³-hybridized carbons (Fsp3) is 0.310. The lowest BCUT2D eigenvalue weighted by atomic mass is 9.78. The second-order valence-electron chi connectivity index (χ2n) is 10.3. The molecule has 200 valence electrons. The van der Waals surface area contributed by atoms with Gasteiger partial charge in [-0.25, -0.2) is 24.7 Å². The average Bonchev–Trinajstić information content (AvgIpc) is 3.43. The molecule has 4 unspecified atom stereocenters. The van der Waals surface area contributed by atoms with Crippen LogP contribution >= 0.6 is 0 Å². The summed E-state index contributed by atoms with van der Waals surface area (Å²) >= 11 is 0. The molecule has 8 heterocycles. The number of cyclic esters (lactones) is 1. The summed E-state index contributed by atoms with van der Waals surface area (Å²) in [5, 5.41) is 16.4. The Labute approximate surface area is 230 Å². The van der Waals surface area contributed by atoms with Gasteiger partial charge >= 0.3 is 5.97 Å². The van der Waals surface area contributed by atoms with Gasteiger partial charge in [0.1, 0.15) is 6.07 Å². The molecule has 4 aromatic rings. The Morgan fingerprint density at radius 3 is 2.83 bits per heavy atom. The molecule has 2 bridgehead atoms. The first-order valence-corrected chi connectivity index (χ1v) is 13.2. The predicted molar refractivity (Wildman–Crippen MR) is 143 cm³/mol. The van der Waals surface area contributed by atoms with E-state index in [1.165, 1.54) is 11.6 Å². The molecule has 4 aliphatic heterocycles. The molecule has 8 rings (SSSR count). The number of hydrogen-bond acceptors (Lipinski definition) is 10. The molecule has 4 aromatic heterocycles. The summed E-state index contributed by atoms with van der Waals surface area (Å²) in [4.78, 5) is 25.8. The standard InChI is InChI=1S/C29H26N8O3/c1-39-27-3-2-17(11-33-27)6-26-20-8-23(35-36(26)16-20)25-14-31-24(13-32-25)22-7-19(18-4-5-40-28(38)9-18)15-37-29(22)21(10-30)12-34-37/h2-3,7,9,11-15,20,23,26,35H,4-6,8,16H2,1H3. The molecule has 0 saturated carbocycles. The molecule has 3 saturated heterocycles. The highest BCUT2D eigenvalue weighted by atomic mass is 16.5. The van der Waals surface area contributed by atoms with E-state index >= 15 is 0 Å². The lowest BCUT2D eigenvalue weighted by molar-refractivity contribution is -0.138. The maximum atomic E-state index is 11.9. The topological polar surface area (TPSA) is 131 Å². The van der Waals surface area contributed by atoms with Gasteiger partial charge in [0.05, 0.1) is 60.8 Å². The van der Waals surface area contributed by atoms with Crippen LogP contribution in [-0.4, -0.2) is 61.8 Å². The molecule has 4 atom stereocenters. The molecule has 0 aromatic carbocycles. The summed E-state index contributed by atoms with van der Waals surface area (Å²) < 4.78 is 11.9. The molecule has 1 N–H and O–H groups in total. The Kier molecular flexibility index (Phi) is 5.99. The minimum absolute atomic E-state index is 0.0833. The van der Waals surface area contributed by atoms with Crippen LogP contribution in [-0.2, 0) is 16.0 Å². The molecule has 11 nitrogen and oxygen atoms in total. The summed E-state index contributed by atoms with van der Waals surface area (Å²) in [6, 6.07) is 8.65. The Hall–Kier alpha value is -4.66. The summed E-state index contributed by atoms with van der Waals surface area (Å²) in [5.41, 5.74) is 9.87. The van der Waals surface area contributed by atoms with Crippen molar-refractivity contribution in [3.05, 3.63) is 77.6 Å². The van der Waals surface area contributed by atoms with Crippen molar-refractivity contribution in [3.63, 3.8) is 0 Å². The number of aromatic nitrogens is 5. The molecule has 0 aliphatic carbocycles. The number of methoxy groups -OCH3 is 1. The smallest absolute Gasteiger partial charge is 0.331 e. The largest absolute Gasteiger partial charge is 0.481 e. The third-order valence-corrected chi connectivity index (χ3v) is 8.00. The van der Waals surface area contributed by atoms with Crippen LogP contribution in [0.5, 0.6) is 5.88 Å². The first kappa shape index (κ1) is 24.4. The van der Waals surface area contributed by atoms with Gasteiger partial charge < -0.3 is 9.47 Å². The summed E-state index contributed by atoms with van der Waals surface area (Å²) in [6.45, 7) is 1.35. The summed E-state index contributed by atoms with van der Waals surface area (Å²) in [7, 11) is 1.62. The fourth-order valence-electron chi connectivity index (χ4n) is 5.90. The Bertz CT molecular complexity index is 1660. The van der Waals surface area contributed by atoms with Crippen molar-refractivity contribution >= 4 is 17.1 Å². The van der Waals surface area contributed by atoms with E-state index in [1.807, 2.05) is 30.7 Å². The van der Waals surface area contributed by atoms with Gasteiger partial charge in [-0.05, 0) is 41.5 Å². The van der Waals surface area contributed by atoms with Crippen molar-refractivity contribution in [1.82, 2.24) is 35.0 Å². The van der Waals surface area contributed by atoms with Crippen molar-refractivity contribution in [3.8, 4) is 23.2 Å². The number of carbonyl (C=O) groups excluding carboxylic acids is 1. The van der Waals surface area contributed by atoms with E-state index in [0.717, 1.165) is 41.8 Å². The van der Waals surface area contributed by atoms with Gasteiger partial charge in [0, 0.05) is 49.1 Å². The number of nitrogens with one attached hydrogen (secondary N) is 1. The molecule has 0 spiro atoms. The molecular formula is C29H26N8O3. The Balaban J connectivity index is 1.12. The number of nitriles is 1. The lowest BCUT2D eigenvalue weighted by Gasteiger charge is -2.55. The van der Waals surface area contributed by atoms with Crippen molar-refractivity contribution in [2.75, 3.05) is 20.3 Å².